The van der Waals surface area contributed by atoms with E-state index in [9.17, 15) is 0 Å². The summed E-state index contributed by atoms with van der Waals surface area (Å²) in [4.78, 5) is 3.96. The van der Waals surface area contributed by atoms with Crippen molar-refractivity contribution in [2.75, 3.05) is 7.11 Å². The van der Waals surface area contributed by atoms with E-state index in [1.165, 1.54) is 6.33 Å². The molecule has 0 fully saturated rings. The van der Waals surface area contributed by atoms with E-state index < -0.39 is 0 Å². The van der Waals surface area contributed by atoms with E-state index in [0.29, 0.717) is 0 Å². The van der Waals surface area contributed by atoms with Gasteiger partial charge in [-0.3, -0.25) is 0 Å². The highest BCUT2D eigenvalue weighted by molar-refractivity contribution is 5.36. The normalized spacial score (nSPS) is 14.3. The van der Waals surface area contributed by atoms with Crippen LogP contribution >= 0.6 is 0 Å². The zero-order valence-corrected chi connectivity index (χ0v) is 9.95. The van der Waals surface area contributed by atoms with Crippen molar-refractivity contribution in [3.63, 3.8) is 0 Å². The molecule has 5 heteroatoms. The standard InChI is InChI=1S/C12H16N4O/c1-9(13)12(16-8-14-7-15-16)10-5-3-4-6-11(10)17-2/h3-9,12H,13H2,1-2H3. The summed E-state index contributed by atoms with van der Waals surface area (Å²) in [7, 11) is 1.65. The maximum Gasteiger partial charge on any atom is 0.137 e. The minimum absolute atomic E-state index is 0.0753. The molecule has 0 amide bonds. The number of methoxy groups -OCH3 is 1. The number of rotatable bonds is 4. The summed E-state index contributed by atoms with van der Waals surface area (Å²) < 4.78 is 7.11. The Morgan fingerprint density at radius 3 is 2.71 bits per heavy atom. The highest BCUT2D eigenvalue weighted by atomic mass is 16.5. The van der Waals surface area contributed by atoms with Gasteiger partial charge in [0.2, 0.25) is 0 Å². The molecule has 1 aromatic carbocycles. The van der Waals surface area contributed by atoms with E-state index in [0.717, 1.165) is 11.3 Å². The number of hydrogen-bond donors (Lipinski definition) is 1. The van der Waals surface area contributed by atoms with Gasteiger partial charge in [-0.2, -0.15) is 5.10 Å². The molecule has 0 aliphatic rings. The first-order valence-corrected chi connectivity index (χ1v) is 5.46. The molecule has 17 heavy (non-hydrogen) atoms. The first-order chi connectivity index (χ1) is 8.24. The molecule has 2 unspecified atom stereocenters. The highest BCUT2D eigenvalue weighted by Gasteiger charge is 2.22. The zero-order chi connectivity index (χ0) is 12.3. The van der Waals surface area contributed by atoms with Crippen molar-refractivity contribution in [2.24, 2.45) is 5.73 Å². The van der Waals surface area contributed by atoms with Crippen LogP contribution in [0.4, 0.5) is 0 Å². The second-order valence-corrected chi connectivity index (χ2v) is 3.92. The molecule has 0 saturated carbocycles. The fraction of sp³-hybridized carbons (Fsp3) is 0.333. The number of benzene rings is 1. The van der Waals surface area contributed by atoms with Gasteiger partial charge in [0.15, 0.2) is 0 Å². The van der Waals surface area contributed by atoms with Crippen molar-refractivity contribution >= 4 is 0 Å². The fourth-order valence-corrected chi connectivity index (χ4v) is 1.94. The van der Waals surface area contributed by atoms with E-state index >= 15 is 0 Å². The second kappa shape index (κ2) is 4.97. The van der Waals surface area contributed by atoms with Crippen LogP contribution in [0.2, 0.25) is 0 Å². The summed E-state index contributed by atoms with van der Waals surface area (Å²) in [6.45, 7) is 1.94. The molecule has 2 rings (SSSR count). The predicted molar refractivity (Wildman–Crippen MR) is 64.8 cm³/mol. The third-order valence-corrected chi connectivity index (χ3v) is 2.68. The van der Waals surface area contributed by atoms with Crippen molar-refractivity contribution in [2.45, 2.75) is 19.0 Å². The molecule has 0 aliphatic heterocycles. The lowest BCUT2D eigenvalue weighted by atomic mass is 10.0. The average molecular weight is 232 g/mol. The first-order valence-electron chi connectivity index (χ1n) is 5.46. The zero-order valence-electron chi connectivity index (χ0n) is 9.95. The van der Waals surface area contributed by atoms with Gasteiger partial charge in [0.05, 0.1) is 13.2 Å². The van der Waals surface area contributed by atoms with Gasteiger partial charge in [-0.1, -0.05) is 18.2 Å². The fourth-order valence-electron chi connectivity index (χ4n) is 1.94. The number of ether oxygens (including phenoxy) is 1. The van der Waals surface area contributed by atoms with Crippen LogP contribution in [-0.2, 0) is 0 Å². The molecular weight excluding hydrogens is 216 g/mol. The lowest BCUT2D eigenvalue weighted by Gasteiger charge is -2.23. The van der Waals surface area contributed by atoms with Gasteiger partial charge in [-0.25, -0.2) is 9.67 Å². The van der Waals surface area contributed by atoms with E-state index in [-0.39, 0.29) is 12.1 Å². The van der Waals surface area contributed by atoms with Crippen LogP contribution in [0.15, 0.2) is 36.9 Å². The van der Waals surface area contributed by atoms with Crippen molar-refractivity contribution < 1.29 is 4.74 Å². The topological polar surface area (TPSA) is 66.0 Å². The van der Waals surface area contributed by atoms with Gasteiger partial charge < -0.3 is 10.5 Å². The minimum Gasteiger partial charge on any atom is -0.496 e. The van der Waals surface area contributed by atoms with Crippen LogP contribution in [0.25, 0.3) is 0 Å². The molecule has 0 radical (unpaired) electrons. The van der Waals surface area contributed by atoms with Gasteiger partial charge >= 0.3 is 0 Å². The lowest BCUT2D eigenvalue weighted by molar-refractivity contribution is 0.385. The Labute approximate surface area is 100 Å². The maximum atomic E-state index is 6.04. The van der Waals surface area contributed by atoms with E-state index in [1.54, 1.807) is 18.1 Å². The van der Waals surface area contributed by atoms with Gasteiger partial charge in [0.25, 0.3) is 0 Å². The Hall–Kier alpha value is -1.88. The molecule has 1 aromatic heterocycles. The first kappa shape index (κ1) is 11.6. The molecular formula is C12H16N4O. The Bertz CT molecular complexity index is 467. The number of hydrogen-bond acceptors (Lipinski definition) is 4. The molecule has 2 aromatic rings. The quantitative estimate of drug-likeness (QED) is 0.860. The molecule has 1 heterocycles. The lowest BCUT2D eigenvalue weighted by Crippen LogP contribution is -2.30. The summed E-state index contributed by atoms with van der Waals surface area (Å²) >= 11 is 0. The number of nitrogens with zero attached hydrogens (tertiary/aromatic N) is 3. The highest BCUT2D eigenvalue weighted by Crippen LogP contribution is 2.28. The largest absolute Gasteiger partial charge is 0.496 e. The summed E-state index contributed by atoms with van der Waals surface area (Å²) in [5, 5.41) is 4.16. The van der Waals surface area contributed by atoms with E-state index in [1.807, 2.05) is 31.2 Å². The van der Waals surface area contributed by atoms with Crippen molar-refractivity contribution in [1.82, 2.24) is 14.8 Å². The SMILES string of the molecule is COc1ccccc1C(C(C)N)n1cncn1. The van der Waals surface area contributed by atoms with Crippen molar-refractivity contribution in [1.29, 1.82) is 0 Å². The van der Waals surface area contributed by atoms with Crippen molar-refractivity contribution in [3.8, 4) is 5.75 Å². The van der Waals surface area contributed by atoms with Crippen LogP contribution in [0.3, 0.4) is 0 Å². The monoisotopic (exact) mass is 232 g/mol. The average Bonchev–Trinajstić information content (AvgIpc) is 2.83. The Kier molecular flexibility index (Phi) is 3.39. The number of para-hydroxylation sites is 1. The van der Waals surface area contributed by atoms with Crippen LogP contribution in [-0.4, -0.2) is 27.9 Å². The summed E-state index contributed by atoms with van der Waals surface area (Å²) in [5.74, 6) is 0.810. The third-order valence-electron chi connectivity index (χ3n) is 2.68. The van der Waals surface area contributed by atoms with Crippen LogP contribution in [0.1, 0.15) is 18.5 Å². The molecule has 2 N–H and O–H groups in total. The molecule has 0 aliphatic carbocycles. The molecule has 5 nitrogen and oxygen atoms in total. The van der Waals surface area contributed by atoms with Crippen LogP contribution < -0.4 is 10.5 Å². The maximum absolute atomic E-state index is 6.04. The summed E-state index contributed by atoms with van der Waals surface area (Å²) in [5.41, 5.74) is 7.05. The minimum atomic E-state index is -0.0898. The van der Waals surface area contributed by atoms with Gasteiger partial charge in [0, 0.05) is 11.6 Å². The van der Waals surface area contributed by atoms with Crippen LogP contribution in [0.5, 0.6) is 5.75 Å². The Morgan fingerprint density at radius 2 is 2.12 bits per heavy atom. The molecule has 0 saturated heterocycles. The smallest absolute Gasteiger partial charge is 0.137 e. The molecule has 90 valence electrons. The van der Waals surface area contributed by atoms with E-state index in [4.69, 9.17) is 10.5 Å². The Morgan fingerprint density at radius 1 is 1.35 bits per heavy atom. The second-order valence-electron chi connectivity index (χ2n) is 3.92. The van der Waals surface area contributed by atoms with Gasteiger partial charge in [-0.15, -0.1) is 0 Å². The van der Waals surface area contributed by atoms with Gasteiger partial charge in [-0.05, 0) is 13.0 Å². The van der Waals surface area contributed by atoms with Crippen LogP contribution in [0, 0.1) is 0 Å². The molecule has 2 atom stereocenters. The van der Waals surface area contributed by atoms with E-state index in [2.05, 4.69) is 10.1 Å². The number of nitrogens with two attached hydrogens (primary N) is 1. The summed E-state index contributed by atoms with van der Waals surface area (Å²) in [6, 6.07) is 7.64. The molecule has 0 bridgehead atoms. The molecule has 0 spiro atoms. The third kappa shape index (κ3) is 2.29. The number of aromatic nitrogens is 3. The van der Waals surface area contributed by atoms with Crippen molar-refractivity contribution in [3.05, 3.63) is 42.5 Å². The van der Waals surface area contributed by atoms with Gasteiger partial charge in [0.1, 0.15) is 18.4 Å². The predicted octanol–water partition coefficient (Wildman–Crippen LogP) is 1.22. The summed E-state index contributed by atoms with van der Waals surface area (Å²) in [6.07, 6.45) is 3.17. The Balaban J connectivity index is 2.46.